The smallest absolute Gasteiger partial charge is 0.358 e. The van der Waals surface area contributed by atoms with Crippen molar-refractivity contribution in [2.75, 3.05) is 0 Å². The van der Waals surface area contributed by atoms with Crippen molar-refractivity contribution in [3.05, 3.63) is 30.1 Å². The second-order valence-corrected chi connectivity index (χ2v) is 3.85. The molecular formula is C11H15F3N2O. The van der Waals surface area contributed by atoms with Crippen LogP contribution in [0.2, 0.25) is 0 Å². The van der Waals surface area contributed by atoms with Crippen LogP contribution < -0.4 is 5.73 Å². The molecule has 1 rings (SSSR count). The van der Waals surface area contributed by atoms with Gasteiger partial charge in [0.05, 0.1) is 5.69 Å². The third-order valence-corrected chi connectivity index (χ3v) is 2.27. The molecule has 1 heterocycles. The van der Waals surface area contributed by atoms with E-state index in [0.717, 1.165) is 6.92 Å². The highest BCUT2D eigenvalue weighted by Crippen LogP contribution is 2.28. The number of pyridine rings is 1. The van der Waals surface area contributed by atoms with Crippen LogP contribution in [0.1, 0.15) is 25.6 Å². The first-order valence-electron chi connectivity index (χ1n) is 5.21. The van der Waals surface area contributed by atoms with Crippen LogP contribution in [0.5, 0.6) is 0 Å². The number of alkyl halides is 3. The molecule has 3 unspecified atom stereocenters. The van der Waals surface area contributed by atoms with Crippen molar-refractivity contribution in [1.82, 2.24) is 4.98 Å². The van der Waals surface area contributed by atoms with Gasteiger partial charge >= 0.3 is 6.18 Å². The van der Waals surface area contributed by atoms with Crippen molar-refractivity contribution in [1.29, 1.82) is 0 Å². The van der Waals surface area contributed by atoms with E-state index < -0.39 is 24.4 Å². The maximum absolute atomic E-state index is 12.4. The summed E-state index contributed by atoms with van der Waals surface area (Å²) >= 11 is 0. The van der Waals surface area contributed by atoms with Crippen molar-refractivity contribution in [3.8, 4) is 0 Å². The average molecular weight is 248 g/mol. The van der Waals surface area contributed by atoms with Gasteiger partial charge in [0.1, 0.15) is 6.10 Å². The van der Waals surface area contributed by atoms with Gasteiger partial charge < -0.3 is 10.5 Å². The molecule has 0 saturated heterocycles. The number of ether oxygens (including phenoxy) is 1. The first kappa shape index (κ1) is 13.9. The lowest BCUT2D eigenvalue weighted by atomic mass is 10.1. The molecule has 1 aromatic rings. The van der Waals surface area contributed by atoms with Crippen LogP contribution in [0, 0.1) is 0 Å². The van der Waals surface area contributed by atoms with Gasteiger partial charge in [0.25, 0.3) is 0 Å². The second-order valence-electron chi connectivity index (χ2n) is 3.85. The summed E-state index contributed by atoms with van der Waals surface area (Å²) in [7, 11) is 0. The van der Waals surface area contributed by atoms with Gasteiger partial charge in [0, 0.05) is 12.2 Å². The molecule has 0 radical (unpaired) electrons. The lowest BCUT2D eigenvalue weighted by Crippen LogP contribution is -2.36. The quantitative estimate of drug-likeness (QED) is 0.890. The highest BCUT2D eigenvalue weighted by atomic mass is 19.4. The summed E-state index contributed by atoms with van der Waals surface area (Å²) in [5.41, 5.74) is 6.03. The normalized spacial score (nSPS) is 17.5. The fourth-order valence-electron chi connectivity index (χ4n) is 1.30. The fraction of sp³-hybridized carbons (Fsp3) is 0.545. The number of rotatable bonds is 4. The van der Waals surface area contributed by atoms with Gasteiger partial charge in [-0.15, -0.1) is 0 Å². The molecule has 0 saturated carbocycles. The Labute approximate surface area is 97.8 Å². The Morgan fingerprint density at radius 3 is 2.35 bits per heavy atom. The van der Waals surface area contributed by atoms with Gasteiger partial charge in [-0.3, -0.25) is 4.98 Å². The zero-order valence-corrected chi connectivity index (χ0v) is 9.61. The first-order chi connectivity index (χ1) is 7.82. The summed E-state index contributed by atoms with van der Waals surface area (Å²) < 4.78 is 42.2. The van der Waals surface area contributed by atoms with Crippen molar-refractivity contribution in [3.63, 3.8) is 0 Å². The van der Waals surface area contributed by atoms with Crippen LogP contribution in [0.3, 0.4) is 0 Å². The molecule has 0 aromatic carbocycles. The lowest BCUT2D eigenvalue weighted by Gasteiger charge is -2.26. The largest absolute Gasteiger partial charge is 0.414 e. The number of nitrogens with two attached hydrogens (primary N) is 1. The Hall–Kier alpha value is -1.14. The van der Waals surface area contributed by atoms with Gasteiger partial charge in [-0.05, 0) is 26.0 Å². The molecule has 0 amide bonds. The van der Waals surface area contributed by atoms with Crippen LogP contribution >= 0.6 is 0 Å². The van der Waals surface area contributed by atoms with E-state index in [-0.39, 0.29) is 0 Å². The molecule has 2 N–H and O–H groups in total. The van der Waals surface area contributed by atoms with Crippen LogP contribution in [0.25, 0.3) is 0 Å². The molecular weight excluding hydrogens is 233 g/mol. The van der Waals surface area contributed by atoms with Gasteiger partial charge in [0.15, 0.2) is 6.10 Å². The Morgan fingerprint density at radius 1 is 1.29 bits per heavy atom. The zero-order chi connectivity index (χ0) is 13.1. The summed E-state index contributed by atoms with van der Waals surface area (Å²) in [5, 5.41) is 0. The van der Waals surface area contributed by atoms with E-state index in [1.54, 1.807) is 25.1 Å². The number of hydrogen-bond donors (Lipinski definition) is 1. The molecule has 96 valence electrons. The Balaban J connectivity index is 2.82. The molecule has 0 aliphatic heterocycles. The Kier molecular flexibility index (Phi) is 4.47. The molecule has 6 heteroatoms. The monoisotopic (exact) mass is 248 g/mol. The molecule has 3 nitrogen and oxygen atoms in total. The molecule has 17 heavy (non-hydrogen) atoms. The maximum atomic E-state index is 12.4. The van der Waals surface area contributed by atoms with E-state index in [1.165, 1.54) is 6.20 Å². The van der Waals surface area contributed by atoms with E-state index in [2.05, 4.69) is 4.98 Å². The van der Waals surface area contributed by atoms with Crippen LogP contribution in [-0.4, -0.2) is 23.3 Å². The molecule has 0 bridgehead atoms. The molecule has 1 aromatic heterocycles. The summed E-state index contributed by atoms with van der Waals surface area (Å²) in [6.07, 6.45) is -5.65. The highest BCUT2D eigenvalue weighted by Gasteiger charge is 2.39. The summed E-state index contributed by atoms with van der Waals surface area (Å²) in [5.74, 6) is 0. The van der Waals surface area contributed by atoms with E-state index >= 15 is 0 Å². The minimum absolute atomic E-state index is 0.401. The SMILES string of the molecule is CC(N)C(OC(C)C(F)(F)F)c1ccccn1. The van der Waals surface area contributed by atoms with Gasteiger partial charge in [-0.1, -0.05) is 6.07 Å². The topological polar surface area (TPSA) is 48.1 Å². The van der Waals surface area contributed by atoms with Crippen LogP contribution in [0.4, 0.5) is 13.2 Å². The fourth-order valence-corrected chi connectivity index (χ4v) is 1.30. The summed E-state index contributed by atoms with van der Waals surface area (Å²) in [6, 6.07) is 4.38. The van der Waals surface area contributed by atoms with Crippen molar-refractivity contribution in [2.24, 2.45) is 5.73 Å². The van der Waals surface area contributed by atoms with Crippen molar-refractivity contribution < 1.29 is 17.9 Å². The third kappa shape index (κ3) is 3.98. The molecule has 0 fully saturated rings. The molecule has 3 atom stereocenters. The number of aromatic nitrogens is 1. The van der Waals surface area contributed by atoms with E-state index in [4.69, 9.17) is 10.5 Å². The predicted octanol–water partition coefficient (Wildman–Crippen LogP) is 2.44. The van der Waals surface area contributed by atoms with E-state index in [1.807, 2.05) is 0 Å². The summed E-state index contributed by atoms with van der Waals surface area (Å²) in [6.45, 7) is 2.54. The van der Waals surface area contributed by atoms with Crippen molar-refractivity contribution in [2.45, 2.75) is 38.3 Å². The van der Waals surface area contributed by atoms with Gasteiger partial charge in [0.2, 0.25) is 0 Å². The second kappa shape index (κ2) is 5.46. The average Bonchev–Trinajstić information content (AvgIpc) is 2.25. The standard InChI is InChI=1S/C11H15F3N2O/c1-7(15)10(9-5-3-4-6-16-9)17-8(2)11(12,13)14/h3-8,10H,15H2,1-2H3. The van der Waals surface area contributed by atoms with Gasteiger partial charge in [-0.25, -0.2) is 0 Å². The minimum atomic E-state index is -4.40. The lowest BCUT2D eigenvalue weighted by molar-refractivity contribution is -0.229. The summed E-state index contributed by atoms with van der Waals surface area (Å²) in [4.78, 5) is 3.96. The van der Waals surface area contributed by atoms with Gasteiger partial charge in [-0.2, -0.15) is 13.2 Å². The Bertz CT molecular complexity index is 340. The number of nitrogens with zero attached hydrogens (tertiary/aromatic N) is 1. The van der Waals surface area contributed by atoms with E-state index in [0.29, 0.717) is 5.69 Å². The van der Waals surface area contributed by atoms with Crippen LogP contribution in [-0.2, 0) is 4.74 Å². The Morgan fingerprint density at radius 2 is 1.94 bits per heavy atom. The molecule has 0 spiro atoms. The first-order valence-corrected chi connectivity index (χ1v) is 5.21. The van der Waals surface area contributed by atoms with E-state index in [9.17, 15) is 13.2 Å². The molecule has 0 aliphatic rings. The third-order valence-electron chi connectivity index (χ3n) is 2.27. The number of halogens is 3. The maximum Gasteiger partial charge on any atom is 0.414 e. The van der Waals surface area contributed by atoms with Crippen molar-refractivity contribution >= 4 is 0 Å². The zero-order valence-electron chi connectivity index (χ0n) is 9.61. The minimum Gasteiger partial charge on any atom is -0.358 e. The number of hydrogen-bond acceptors (Lipinski definition) is 3. The van der Waals surface area contributed by atoms with Crippen LogP contribution in [0.15, 0.2) is 24.4 Å². The molecule has 0 aliphatic carbocycles. The highest BCUT2D eigenvalue weighted by molar-refractivity contribution is 5.08. The predicted molar refractivity (Wildman–Crippen MR) is 57.2 cm³/mol.